The lowest BCUT2D eigenvalue weighted by Gasteiger charge is -2.14. The number of hydrogen-bond donors (Lipinski definition) is 2. The maximum absolute atomic E-state index is 11.9. The summed E-state index contributed by atoms with van der Waals surface area (Å²) in [7, 11) is 0. The van der Waals surface area contributed by atoms with Crippen LogP contribution in [0.3, 0.4) is 0 Å². The van der Waals surface area contributed by atoms with Gasteiger partial charge in [-0.3, -0.25) is 4.79 Å². The molecule has 0 bridgehead atoms. The Labute approximate surface area is 107 Å². The van der Waals surface area contributed by atoms with Crippen molar-refractivity contribution in [2.24, 2.45) is 11.7 Å². The lowest BCUT2D eigenvalue weighted by Crippen LogP contribution is -2.37. The van der Waals surface area contributed by atoms with Crippen LogP contribution in [0.4, 0.5) is 5.69 Å². The molecule has 0 aliphatic carbocycles. The molecular weight excluding hydrogens is 267 g/mol. The number of nitrogens with zero attached hydrogens (tertiary/aromatic N) is 2. The topological polar surface area (TPSA) is 90.1 Å². The zero-order chi connectivity index (χ0) is 12.4. The van der Waals surface area contributed by atoms with Crippen molar-refractivity contribution >= 4 is 34.8 Å². The summed E-state index contributed by atoms with van der Waals surface area (Å²) in [5.41, 5.74) is 5.92. The van der Waals surface area contributed by atoms with E-state index >= 15 is 0 Å². The molecule has 1 aliphatic rings. The Hall–Kier alpha value is -0.950. The highest BCUT2D eigenvalue weighted by atomic mass is 35.5. The van der Waals surface area contributed by atoms with Gasteiger partial charge in [0.2, 0.25) is 5.91 Å². The molecule has 3 N–H and O–H groups in total. The monoisotopic (exact) mass is 276 g/mol. The number of rotatable bonds is 2. The average Bonchev–Trinajstić information content (AvgIpc) is 2.70. The summed E-state index contributed by atoms with van der Waals surface area (Å²) >= 11 is 11.6. The van der Waals surface area contributed by atoms with Crippen molar-refractivity contribution in [2.45, 2.75) is 6.04 Å². The van der Waals surface area contributed by atoms with Crippen LogP contribution in [0.1, 0.15) is 0 Å². The number of nitrogens with one attached hydrogen (secondary N) is 1. The zero-order valence-corrected chi connectivity index (χ0v) is 10.2. The van der Waals surface area contributed by atoms with Crippen LogP contribution >= 0.6 is 23.2 Å². The van der Waals surface area contributed by atoms with Crippen LogP contribution in [-0.2, 0) is 9.53 Å². The molecule has 2 heterocycles. The second-order valence-corrected chi connectivity index (χ2v) is 4.34. The molecule has 92 valence electrons. The Balaban J connectivity index is 2.13. The Morgan fingerprint density at radius 3 is 2.59 bits per heavy atom. The van der Waals surface area contributed by atoms with Crippen LogP contribution in [0.2, 0.25) is 10.3 Å². The fourth-order valence-electron chi connectivity index (χ4n) is 1.50. The summed E-state index contributed by atoms with van der Waals surface area (Å²) in [6, 6.07) is -0.322. The molecule has 1 fully saturated rings. The molecule has 1 aromatic heterocycles. The number of aromatic nitrogens is 2. The van der Waals surface area contributed by atoms with Gasteiger partial charge in [0.05, 0.1) is 19.1 Å². The largest absolute Gasteiger partial charge is 0.379 e. The Morgan fingerprint density at radius 2 is 2.06 bits per heavy atom. The highest BCUT2D eigenvalue weighted by Crippen LogP contribution is 2.26. The van der Waals surface area contributed by atoms with Crippen molar-refractivity contribution < 1.29 is 9.53 Å². The molecule has 0 aromatic carbocycles. The third kappa shape index (κ3) is 2.66. The van der Waals surface area contributed by atoms with E-state index in [4.69, 9.17) is 33.7 Å². The van der Waals surface area contributed by atoms with Gasteiger partial charge in [0.25, 0.3) is 0 Å². The molecule has 2 rings (SSSR count). The van der Waals surface area contributed by atoms with E-state index < -0.39 is 5.92 Å². The first-order chi connectivity index (χ1) is 8.09. The standard InChI is InChI=1S/C9H10Cl2N4O2/c10-7-6(8(11)14-3-13-7)15-9(16)4-1-17-2-5(4)12/h3-5H,1-2,12H2,(H,15,16). The molecule has 2 unspecified atom stereocenters. The Bertz CT molecular complexity index is 423. The van der Waals surface area contributed by atoms with E-state index in [1.807, 2.05) is 0 Å². The maximum Gasteiger partial charge on any atom is 0.231 e. The van der Waals surface area contributed by atoms with Gasteiger partial charge >= 0.3 is 0 Å². The van der Waals surface area contributed by atoms with Crippen LogP contribution in [0.5, 0.6) is 0 Å². The van der Waals surface area contributed by atoms with Gasteiger partial charge in [0.1, 0.15) is 12.0 Å². The molecule has 17 heavy (non-hydrogen) atoms. The summed E-state index contributed by atoms with van der Waals surface area (Å²) < 4.78 is 5.11. The molecule has 0 spiro atoms. The van der Waals surface area contributed by atoms with Gasteiger partial charge in [-0.25, -0.2) is 9.97 Å². The van der Waals surface area contributed by atoms with Gasteiger partial charge in [0, 0.05) is 6.04 Å². The highest BCUT2D eigenvalue weighted by molar-refractivity contribution is 6.38. The summed E-state index contributed by atoms with van der Waals surface area (Å²) in [5.74, 6) is -0.712. The van der Waals surface area contributed by atoms with Crippen LogP contribution < -0.4 is 11.1 Å². The summed E-state index contributed by atoms with van der Waals surface area (Å²) in [6.07, 6.45) is 1.21. The van der Waals surface area contributed by atoms with Crippen molar-refractivity contribution in [1.82, 2.24) is 9.97 Å². The quantitative estimate of drug-likeness (QED) is 0.776. The first-order valence-corrected chi connectivity index (χ1v) is 5.65. The minimum absolute atomic E-state index is 0.0887. The predicted octanol–water partition coefficient (Wildman–Crippen LogP) is 0.696. The van der Waals surface area contributed by atoms with Gasteiger partial charge in [-0.05, 0) is 0 Å². The van der Waals surface area contributed by atoms with E-state index in [-0.39, 0.29) is 34.5 Å². The Kier molecular flexibility index (Phi) is 3.78. The van der Waals surface area contributed by atoms with Gasteiger partial charge in [-0.2, -0.15) is 0 Å². The van der Waals surface area contributed by atoms with Gasteiger partial charge in [-0.1, -0.05) is 23.2 Å². The minimum Gasteiger partial charge on any atom is -0.379 e. The lowest BCUT2D eigenvalue weighted by molar-refractivity contribution is -0.120. The first kappa shape index (κ1) is 12.5. The molecular formula is C9H10Cl2N4O2. The smallest absolute Gasteiger partial charge is 0.231 e. The predicted molar refractivity (Wildman–Crippen MR) is 63.0 cm³/mol. The van der Waals surface area contributed by atoms with Crippen LogP contribution in [0.15, 0.2) is 6.33 Å². The number of halogens is 2. The van der Waals surface area contributed by atoms with Crippen LogP contribution in [-0.4, -0.2) is 35.1 Å². The van der Waals surface area contributed by atoms with E-state index in [0.29, 0.717) is 6.61 Å². The number of anilines is 1. The zero-order valence-electron chi connectivity index (χ0n) is 8.69. The van der Waals surface area contributed by atoms with Gasteiger partial charge in [-0.15, -0.1) is 0 Å². The van der Waals surface area contributed by atoms with E-state index in [1.165, 1.54) is 6.33 Å². The third-order valence-electron chi connectivity index (χ3n) is 2.46. The summed E-state index contributed by atoms with van der Waals surface area (Å²) in [6.45, 7) is 0.654. The van der Waals surface area contributed by atoms with Crippen molar-refractivity contribution in [3.63, 3.8) is 0 Å². The minimum atomic E-state index is -0.415. The van der Waals surface area contributed by atoms with Crippen molar-refractivity contribution in [1.29, 1.82) is 0 Å². The summed E-state index contributed by atoms with van der Waals surface area (Å²) in [5, 5.41) is 2.74. The SMILES string of the molecule is NC1COCC1C(=O)Nc1c(Cl)ncnc1Cl. The molecule has 2 atom stereocenters. The number of hydrogen-bond acceptors (Lipinski definition) is 5. The lowest BCUT2D eigenvalue weighted by atomic mass is 10.0. The maximum atomic E-state index is 11.9. The molecule has 6 nitrogen and oxygen atoms in total. The summed E-state index contributed by atoms with van der Waals surface area (Å²) in [4.78, 5) is 19.3. The third-order valence-corrected chi connectivity index (χ3v) is 3.04. The highest BCUT2D eigenvalue weighted by Gasteiger charge is 2.32. The van der Waals surface area contributed by atoms with E-state index in [1.54, 1.807) is 0 Å². The van der Waals surface area contributed by atoms with Crippen LogP contribution in [0, 0.1) is 5.92 Å². The molecule has 0 saturated carbocycles. The van der Waals surface area contributed by atoms with Crippen LogP contribution in [0.25, 0.3) is 0 Å². The number of ether oxygens (including phenoxy) is 1. The number of carbonyl (C=O) groups is 1. The van der Waals surface area contributed by atoms with Crippen molar-refractivity contribution in [3.05, 3.63) is 16.6 Å². The van der Waals surface area contributed by atoms with Gasteiger partial charge in [0.15, 0.2) is 10.3 Å². The molecule has 1 saturated heterocycles. The molecule has 1 aliphatic heterocycles. The van der Waals surface area contributed by atoms with E-state index in [9.17, 15) is 4.79 Å². The fraction of sp³-hybridized carbons (Fsp3) is 0.444. The number of amides is 1. The second-order valence-electron chi connectivity index (χ2n) is 3.63. The molecule has 1 amide bonds. The fourth-order valence-corrected chi connectivity index (χ4v) is 1.91. The average molecular weight is 277 g/mol. The van der Waals surface area contributed by atoms with E-state index in [0.717, 1.165) is 0 Å². The number of carbonyl (C=O) groups excluding carboxylic acids is 1. The molecule has 1 aromatic rings. The Morgan fingerprint density at radius 1 is 1.41 bits per heavy atom. The van der Waals surface area contributed by atoms with Gasteiger partial charge < -0.3 is 15.8 Å². The second kappa shape index (κ2) is 5.14. The normalized spacial score (nSPS) is 23.7. The van der Waals surface area contributed by atoms with Crippen molar-refractivity contribution in [3.8, 4) is 0 Å². The first-order valence-electron chi connectivity index (χ1n) is 4.89. The van der Waals surface area contributed by atoms with Crippen molar-refractivity contribution in [2.75, 3.05) is 18.5 Å². The molecule has 0 radical (unpaired) electrons. The number of nitrogens with two attached hydrogens (primary N) is 1. The van der Waals surface area contributed by atoms with E-state index in [2.05, 4.69) is 15.3 Å². The molecule has 8 heteroatoms.